The van der Waals surface area contributed by atoms with Crippen molar-refractivity contribution >= 4 is 62.1 Å². The van der Waals surface area contributed by atoms with E-state index in [1.807, 2.05) is 35.2 Å². The van der Waals surface area contributed by atoms with Crippen LogP contribution in [0.4, 0.5) is 0 Å². The van der Waals surface area contributed by atoms with Gasteiger partial charge in [-0.05, 0) is 49.5 Å². The molecule has 1 aromatic rings. The van der Waals surface area contributed by atoms with Crippen molar-refractivity contribution in [1.82, 2.24) is 9.80 Å². The molecule has 2 saturated heterocycles. The van der Waals surface area contributed by atoms with Crippen molar-refractivity contribution in [2.75, 3.05) is 13.1 Å². The quantitative estimate of drug-likeness (QED) is 0.460. The van der Waals surface area contributed by atoms with E-state index in [2.05, 4.69) is 22.9 Å². The van der Waals surface area contributed by atoms with E-state index in [0.29, 0.717) is 28.2 Å². The minimum absolute atomic E-state index is 0.108. The van der Waals surface area contributed by atoms with Crippen LogP contribution in [0, 0.1) is 0 Å². The zero-order chi connectivity index (χ0) is 19.4. The van der Waals surface area contributed by atoms with E-state index < -0.39 is 0 Å². The van der Waals surface area contributed by atoms with Gasteiger partial charge in [-0.25, -0.2) is 0 Å². The van der Waals surface area contributed by atoms with E-state index >= 15 is 0 Å². The first-order chi connectivity index (χ1) is 13.0. The van der Waals surface area contributed by atoms with Gasteiger partial charge in [-0.3, -0.25) is 14.5 Å². The number of hydrogen-bond acceptors (Lipinski definition) is 4. The third-order valence-electron chi connectivity index (χ3n) is 4.99. The third kappa shape index (κ3) is 5.00. The molecule has 2 heterocycles. The normalized spacial score (nSPS) is 22.0. The maximum absolute atomic E-state index is 12.7. The Balaban J connectivity index is 1.63. The molecule has 0 N–H and O–H groups in total. The third-order valence-corrected chi connectivity index (χ3v) is 6.86. The molecule has 0 aromatic heterocycles. The van der Waals surface area contributed by atoms with Gasteiger partial charge in [-0.2, -0.15) is 0 Å². The van der Waals surface area contributed by atoms with Gasteiger partial charge in [0.1, 0.15) is 4.32 Å². The minimum atomic E-state index is -0.108. The first kappa shape index (κ1) is 20.6. The molecule has 27 heavy (non-hydrogen) atoms. The SMILES string of the molecule is CC[C@H]1CCCCN1C(=O)CCN1C(=O)/C(=C\c2cccc(Br)c2)SC1=S. The maximum Gasteiger partial charge on any atom is 0.266 e. The van der Waals surface area contributed by atoms with E-state index in [4.69, 9.17) is 12.2 Å². The highest BCUT2D eigenvalue weighted by Gasteiger charge is 2.33. The molecule has 0 saturated carbocycles. The molecule has 0 bridgehead atoms. The Morgan fingerprint density at radius 2 is 2.22 bits per heavy atom. The Morgan fingerprint density at radius 1 is 1.41 bits per heavy atom. The number of benzene rings is 1. The first-order valence-corrected chi connectivity index (χ1v) is 11.3. The lowest BCUT2D eigenvalue weighted by atomic mass is 9.99. The Kier molecular flexibility index (Phi) is 7.11. The second-order valence-corrected chi connectivity index (χ2v) is 9.37. The first-order valence-electron chi connectivity index (χ1n) is 9.30. The molecule has 0 aliphatic carbocycles. The van der Waals surface area contributed by atoms with Crippen molar-refractivity contribution in [3.63, 3.8) is 0 Å². The molecular weight excluding hydrogens is 444 g/mol. The standard InChI is InChI=1S/C20H23BrN2O2S2/c1-2-16-8-3-4-10-22(16)18(24)9-11-23-19(25)17(27-20(23)26)13-14-6-5-7-15(21)12-14/h5-7,12-13,16H,2-4,8-11H2,1H3/b17-13+/t16-/m0/s1. The Morgan fingerprint density at radius 3 is 2.96 bits per heavy atom. The van der Waals surface area contributed by atoms with Crippen LogP contribution in [0.15, 0.2) is 33.6 Å². The van der Waals surface area contributed by atoms with Gasteiger partial charge in [-0.1, -0.05) is 59.0 Å². The van der Waals surface area contributed by atoms with E-state index in [0.717, 1.165) is 35.8 Å². The summed E-state index contributed by atoms with van der Waals surface area (Å²) in [7, 11) is 0. The van der Waals surface area contributed by atoms with Gasteiger partial charge in [0.05, 0.1) is 4.91 Å². The molecule has 2 aliphatic heterocycles. The summed E-state index contributed by atoms with van der Waals surface area (Å²) in [6.07, 6.45) is 6.51. The molecule has 3 rings (SSSR count). The van der Waals surface area contributed by atoms with Gasteiger partial charge in [0, 0.05) is 30.0 Å². The van der Waals surface area contributed by atoms with Crippen molar-refractivity contribution in [3.05, 3.63) is 39.2 Å². The molecule has 144 valence electrons. The average Bonchev–Trinajstić information content (AvgIpc) is 2.92. The number of carbonyl (C=O) groups is 2. The van der Waals surface area contributed by atoms with Gasteiger partial charge in [0.2, 0.25) is 5.91 Å². The lowest BCUT2D eigenvalue weighted by Gasteiger charge is -2.35. The van der Waals surface area contributed by atoms with E-state index in [-0.39, 0.29) is 11.8 Å². The highest BCUT2D eigenvalue weighted by Crippen LogP contribution is 2.33. The van der Waals surface area contributed by atoms with Crippen molar-refractivity contribution in [3.8, 4) is 0 Å². The van der Waals surface area contributed by atoms with Crippen molar-refractivity contribution in [2.45, 2.75) is 45.1 Å². The van der Waals surface area contributed by atoms with Crippen molar-refractivity contribution < 1.29 is 9.59 Å². The number of carbonyl (C=O) groups excluding carboxylic acids is 2. The summed E-state index contributed by atoms with van der Waals surface area (Å²) in [5.74, 6) is 0.0232. The molecule has 2 aliphatic rings. The maximum atomic E-state index is 12.7. The lowest BCUT2D eigenvalue weighted by molar-refractivity contribution is -0.135. The fourth-order valence-corrected chi connectivity index (χ4v) is 5.27. The summed E-state index contributed by atoms with van der Waals surface area (Å²) in [6.45, 7) is 3.32. The topological polar surface area (TPSA) is 40.6 Å². The summed E-state index contributed by atoms with van der Waals surface area (Å²) in [4.78, 5) is 29.6. The number of nitrogens with zero attached hydrogens (tertiary/aromatic N) is 2. The average molecular weight is 467 g/mol. The van der Waals surface area contributed by atoms with Crippen molar-refractivity contribution in [1.29, 1.82) is 0 Å². The molecule has 0 unspecified atom stereocenters. The fraction of sp³-hybridized carbons (Fsp3) is 0.450. The van der Waals surface area contributed by atoms with Crippen LogP contribution in [0.25, 0.3) is 6.08 Å². The predicted molar refractivity (Wildman–Crippen MR) is 118 cm³/mol. The highest BCUT2D eigenvalue weighted by molar-refractivity contribution is 9.10. The van der Waals surface area contributed by atoms with Crippen molar-refractivity contribution in [2.24, 2.45) is 0 Å². The summed E-state index contributed by atoms with van der Waals surface area (Å²) in [5.41, 5.74) is 0.944. The van der Waals surface area contributed by atoms with Crippen LogP contribution >= 0.6 is 39.9 Å². The van der Waals surface area contributed by atoms with E-state index in [9.17, 15) is 9.59 Å². The number of amides is 2. The van der Waals surface area contributed by atoms with Gasteiger partial charge < -0.3 is 4.90 Å². The summed E-state index contributed by atoms with van der Waals surface area (Å²) < 4.78 is 1.49. The Labute approximate surface area is 178 Å². The Bertz CT molecular complexity index is 781. The van der Waals surface area contributed by atoms with Gasteiger partial charge in [0.25, 0.3) is 5.91 Å². The number of thiocarbonyl (C=S) groups is 1. The van der Waals surface area contributed by atoms with E-state index in [1.165, 1.54) is 18.2 Å². The van der Waals surface area contributed by atoms with Gasteiger partial charge in [-0.15, -0.1) is 0 Å². The fourth-order valence-electron chi connectivity index (χ4n) is 3.54. The molecule has 0 spiro atoms. The zero-order valence-electron chi connectivity index (χ0n) is 15.3. The minimum Gasteiger partial charge on any atom is -0.340 e. The zero-order valence-corrected chi connectivity index (χ0v) is 18.5. The second-order valence-electron chi connectivity index (χ2n) is 6.78. The largest absolute Gasteiger partial charge is 0.340 e. The monoisotopic (exact) mass is 466 g/mol. The number of likely N-dealkylation sites (tertiary alicyclic amines) is 1. The number of hydrogen-bond donors (Lipinski definition) is 0. The van der Waals surface area contributed by atoms with E-state index in [1.54, 1.807) is 4.90 Å². The van der Waals surface area contributed by atoms with Crippen LogP contribution in [0.5, 0.6) is 0 Å². The molecule has 1 atom stereocenters. The van der Waals surface area contributed by atoms with Gasteiger partial charge in [0.15, 0.2) is 0 Å². The highest BCUT2D eigenvalue weighted by atomic mass is 79.9. The number of thioether (sulfide) groups is 1. The number of halogens is 1. The molecule has 2 amide bonds. The van der Waals surface area contributed by atoms with Crippen LogP contribution in [-0.2, 0) is 9.59 Å². The van der Waals surface area contributed by atoms with Crippen LogP contribution in [0.1, 0.15) is 44.6 Å². The van der Waals surface area contributed by atoms with Crippen LogP contribution in [0.2, 0.25) is 0 Å². The van der Waals surface area contributed by atoms with Crippen LogP contribution < -0.4 is 0 Å². The van der Waals surface area contributed by atoms with Crippen LogP contribution in [-0.4, -0.2) is 45.1 Å². The molecule has 2 fully saturated rings. The smallest absolute Gasteiger partial charge is 0.266 e. The number of rotatable bonds is 5. The molecule has 7 heteroatoms. The van der Waals surface area contributed by atoms with Crippen LogP contribution in [0.3, 0.4) is 0 Å². The summed E-state index contributed by atoms with van der Waals surface area (Å²) in [6, 6.07) is 8.12. The number of piperidine rings is 1. The molecule has 0 radical (unpaired) electrons. The molecular formula is C20H23BrN2O2S2. The molecule has 4 nitrogen and oxygen atoms in total. The predicted octanol–water partition coefficient (Wildman–Crippen LogP) is 4.83. The summed E-state index contributed by atoms with van der Waals surface area (Å²) in [5, 5.41) is 0. The second kappa shape index (κ2) is 9.34. The van der Waals surface area contributed by atoms with Gasteiger partial charge >= 0.3 is 0 Å². The lowest BCUT2D eigenvalue weighted by Crippen LogP contribution is -2.44. The molecule has 1 aromatic carbocycles. The Hall–Kier alpha value is -1.18. The summed E-state index contributed by atoms with van der Waals surface area (Å²) >= 11 is 10.1.